The lowest BCUT2D eigenvalue weighted by Crippen LogP contribution is -2.43. The molecule has 4 rings (SSSR count). The average molecular weight is 409 g/mol. The second kappa shape index (κ2) is 9.05. The summed E-state index contributed by atoms with van der Waals surface area (Å²) in [5, 5.41) is 9.40. The number of amides is 1. The van der Waals surface area contributed by atoms with Gasteiger partial charge in [-0.2, -0.15) is 5.10 Å². The highest BCUT2D eigenvalue weighted by molar-refractivity contribution is 7.09. The number of nitrogens with zero attached hydrogens (tertiary/aromatic N) is 3. The van der Waals surface area contributed by atoms with E-state index in [-0.39, 0.29) is 17.4 Å². The van der Waals surface area contributed by atoms with E-state index in [1.165, 1.54) is 4.68 Å². The van der Waals surface area contributed by atoms with Gasteiger partial charge in [0.1, 0.15) is 0 Å². The fraction of sp³-hybridized carbons (Fsp3) is 0.318. The number of benzene rings is 1. The summed E-state index contributed by atoms with van der Waals surface area (Å²) in [6.07, 6.45) is 3.52. The number of carbonyl (C=O) groups is 1. The Kier molecular flexibility index (Phi) is 6.05. The minimum Gasteiger partial charge on any atom is -0.369 e. The quantitative estimate of drug-likeness (QED) is 0.681. The molecule has 6 nitrogen and oxygen atoms in total. The molecular weight excluding hydrogens is 384 g/mol. The summed E-state index contributed by atoms with van der Waals surface area (Å²) >= 11 is 1.64. The lowest BCUT2D eigenvalue weighted by atomic mass is 9.97. The standard InChI is InChI=1S/C22H24N4O2S/c27-21-12-19(13-24-26(21)15-17-6-2-1-3-7-17)25-10-4-8-18(16-25)22(28)23-14-20-9-5-11-29-20/h1-3,5-7,9,11-13,18H,4,8,10,14-16H2,(H,23,28). The number of hydrogen-bond acceptors (Lipinski definition) is 5. The topological polar surface area (TPSA) is 67.2 Å². The van der Waals surface area contributed by atoms with Crippen molar-refractivity contribution in [2.24, 2.45) is 5.92 Å². The van der Waals surface area contributed by atoms with Crippen molar-refractivity contribution < 1.29 is 4.79 Å². The van der Waals surface area contributed by atoms with Crippen LogP contribution in [0.5, 0.6) is 0 Å². The Hall–Kier alpha value is -2.93. The smallest absolute Gasteiger partial charge is 0.269 e. The van der Waals surface area contributed by atoms with Crippen molar-refractivity contribution in [1.82, 2.24) is 15.1 Å². The van der Waals surface area contributed by atoms with Gasteiger partial charge in [-0.25, -0.2) is 4.68 Å². The summed E-state index contributed by atoms with van der Waals surface area (Å²) in [5.41, 5.74) is 1.70. The molecule has 1 atom stereocenters. The van der Waals surface area contributed by atoms with Gasteiger partial charge in [0.05, 0.1) is 30.9 Å². The van der Waals surface area contributed by atoms with Crippen LogP contribution in [0.4, 0.5) is 5.69 Å². The fourth-order valence-electron chi connectivity index (χ4n) is 3.63. The molecule has 0 aliphatic carbocycles. The molecule has 29 heavy (non-hydrogen) atoms. The Morgan fingerprint density at radius 3 is 2.83 bits per heavy atom. The van der Waals surface area contributed by atoms with E-state index in [2.05, 4.69) is 15.3 Å². The molecule has 3 aromatic rings. The summed E-state index contributed by atoms with van der Waals surface area (Å²) < 4.78 is 1.47. The zero-order valence-electron chi connectivity index (χ0n) is 16.2. The second-order valence-corrected chi connectivity index (χ2v) is 8.31. The molecule has 150 valence electrons. The SMILES string of the molecule is O=C(NCc1cccs1)C1CCCN(c2cnn(Cc3ccccc3)c(=O)c2)C1. The Morgan fingerprint density at radius 1 is 1.21 bits per heavy atom. The molecule has 1 unspecified atom stereocenters. The van der Waals surface area contributed by atoms with Crippen LogP contribution in [0.3, 0.4) is 0 Å². The third-order valence-electron chi connectivity index (χ3n) is 5.20. The number of anilines is 1. The molecule has 0 saturated carbocycles. The van der Waals surface area contributed by atoms with Crippen molar-refractivity contribution in [3.05, 3.63) is 80.9 Å². The molecule has 1 fully saturated rings. The number of piperidine rings is 1. The molecule has 1 aromatic carbocycles. The Bertz CT molecular complexity index is 1000. The summed E-state index contributed by atoms with van der Waals surface area (Å²) in [6.45, 7) is 2.47. The van der Waals surface area contributed by atoms with Crippen molar-refractivity contribution in [3.63, 3.8) is 0 Å². The predicted octanol–water partition coefficient (Wildman–Crippen LogP) is 2.89. The average Bonchev–Trinajstić information content (AvgIpc) is 3.28. The van der Waals surface area contributed by atoms with Gasteiger partial charge in [-0.05, 0) is 29.9 Å². The predicted molar refractivity (Wildman–Crippen MR) is 115 cm³/mol. The minimum absolute atomic E-state index is 0.0736. The van der Waals surface area contributed by atoms with E-state index in [9.17, 15) is 9.59 Å². The molecule has 1 N–H and O–H groups in total. The largest absolute Gasteiger partial charge is 0.369 e. The number of nitrogens with one attached hydrogen (secondary N) is 1. The summed E-state index contributed by atoms with van der Waals surface area (Å²) in [6, 6.07) is 15.4. The highest BCUT2D eigenvalue weighted by atomic mass is 32.1. The lowest BCUT2D eigenvalue weighted by Gasteiger charge is -2.33. The molecular formula is C22H24N4O2S. The van der Waals surface area contributed by atoms with Crippen molar-refractivity contribution in [2.75, 3.05) is 18.0 Å². The van der Waals surface area contributed by atoms with Crippen molar-refractivity contribution >= 4 is 22.9 Å². The van der Waals surface area contributed by atoms with Crippen LogP contribution in [-0.2, 0) is 17.9 Å². The van der Waals surface area contributed by atoms with Crippen LogP contribution in [0.2, 0.25) is 0 Å². The molecule has 7 heteroatoms. The third-order valence-corrected chi connectivity index (χ3v) is 6.08. The van der Waals surface area contributed by atoms with Gasteiger partial charge in [0, 0.05) is 24.0 Å². The summed E-state index contributed by atoms with van der Waals surface area (Å²) in [7, 11) is 0. The van der Waals surface area contributed by atoms with Gasteiger partial charge in [-0.15, -0.1) is 11.3 Å². The Balaban J connectivity index is 1.39. The van der Waals surface area contributed by atoms with Crippen molar-refractivity contribution in [2.45, 2.75) is 25.9 Å². The van der Waals surface area contributed by atoms with Gasteiger partial charge in [0.2, 0.25) is 5.91 Å². The maximum absolute atomic E-state index is 12.6. The van der Waals surface area contributed by atoms with E-state index < -0.39 is 0 Å². The van der Waals surface area contributed by atoms with Gasteiger partial charge in [-0.1, -0.05) is 36.4 Å². The first-order valence-electron chi connectivity index (χ1n) is 9.85. The highest BCUT2D eigenvalue weighted by Gasteiger charge is 2.26. The van der Waals surface area contributed by atoms with E-state index in [0.717, 1.165) is 35.5 Å². The van der Waals surface area contributed by atoms with Crippen LogP contribution in [0.1, 0.15) is 23.3 Å². The molecule has 0 spiro atoms. The molecule has 2 aromatic heterocycles. The van der Waals surface area contributed by atoms with E-state index >= 15 is 0 Å². The van der Waals surface area contributed by atoms with E-state index in [1.807, 2.05) is 47.8 Å². The van der Waals surface area contributed by atoms with Crippen LogP contribution in [0, 0.1) is 5.92 Å². The number of thiophene rings is 1. The fourth-order valence-corrected chi connectivity index (χ4v) is 4.27. The molecule has 1 saturated heterocycles. The van der Waals surface area contributed by atoms with Gasteiger partial charge in [0.25, 0.3) is 5.56 Å². The highest BCUT2D eigenvalue weighted by Crippen LogP contribution is 2.22. The zero-order chi connectivity index (χ0) is 20.1. The Morgan fingerprint density at radius 2 is 2.07 bits per heavy atom. The van der Waals surface area contributed by atoms with Crippen LogP contribution < -0.4 is 15.8 Å². The van der Waals surface area contributed by atoms with Crippen molar-refractivity contribution in [3.8, 4) is 0 Å². The van der Waals surface area contributed by atoms with Crippen LogP contribution in [0.15, 0.2) is 64.9 Å². The molecule has 3 heterocycles. The van der Waals surface area contributed by atoms with Crippen molar-refractivity contribution in [1.29, 1.82) is 0 Å². The lowest BCUT2D eigenvalue weighted by molar-refractivity contribution is -0.125. The first-order chi connectivity index (χ1) is 14.2. The van der Waals surface area contributed by atoms with Crippen LogP contribution >= 0.6 is 11.3 Å². The normalized spacial score (nSPS) is 16.6. The number of aromatic nitrogens is 2. The molecule has 0 bridgehead atoms. The number of rotatable bonds is 6. The van der Waals surface area contributed by atoms with Crippen LogP contribution in [-0.4, -0.2) is 28.8 Å². The second-order valence-electron chi connectivity index (χ2n) is 7.28. The molecule has 0 radical (unpaired) electrons. The summed E-state index contributed by atoms with van der Waals surface area (Å²) in [5.74, 6) is 0.00365. The van der Waals surface area contributed by atoms with E-state index in [0.29, 0.717) is 19.6 Å². The first kappa shape index (κ1) is 19.4. The maximum Gasteiger partial charge on any atom is 0.269 e. The van der Waals surface area contributed by atoms with Crippen LogP contribution in [0.25, 0.3) is 0 Å². The molecule has 1 aliphatic heterocycles. The third kappa shape index (κ3) is 4.92. The molecule has 1 aliphatic rings. The minimum atomic E-state index is -0.129. The monoisotopic (exact) mass is 408 g/mol. The van der Waals surface area contributed by atoms with E-state index in [4.69, 9.17) is 0 Å². The van der Waals surface area contributed by atoms with Gasteiger partial charge < -0.3 is 10.2 Å². The zero-order valence-corrected chi connectivity index (χ0v) is 17.0. The van der Waals surface area contributed by atoms with Gasteiger partial charge in [-0.3, -0.25) is 9.59 Å². The maximum atomic E-state index is 12.6. The van der Waals surface area contributed by atoms with Gasteiger partial charge in [0.15, 0.2) is 0 Å². The first-order valence-corrected chi connectivity index (χ1v) is 10.7. The van der Waals surface area contributed by atoms with E-state index in [1.54, 1.807) is 23.6 Å². The Labute approximate surface area is 173 Å². The number of hydrogen-bond donors (Lipinski definition) is 1. The molecule has 1 amide bonds. The number of carbonyl (C=O) groups excluding carboxylic acids is 1. The summed E-state index contributed by atoms with van der Waals surface area (Å²) in [4.78, 5) is 28.4. The van der Waals surface area contributed by atoms with Gasteiger partial charge >= 0.3 is 0 Å².